The van der Waals surface area contributed by atoms with Gasteiger partial charge in [-0.3, -0.25) is 4.79 Å². The van der Waals surface area contributed by atoms with Gasteiger partial charge in [-0.1, -0.05) is 18.2 Å². The van der Waals surface area contributed by atoms with Crippen molar-refractivity contribution in [3.8, 4) is 0 Å². The van der Waals surface area contributed by atoms with Crippen molar-refractivity contribution in [3.63, 3.8) is 0 Å². The minimum absolute atomic E-state index is 0.0260. The van der Waals surface area contributed by atoms with E-state index in [1.807, 2.05) is 54.1 Å². The summed E-state index contributed by atoms with van der Waals surface area (Å²) in [6, 6.07) is 11.9. The van der Waals surface area contributed by atoms with Crippen molar-refractivity contribution in [2.45, 2.75) is 26.8 Å². The Kier molecular flexibility index (Phi) is 4.65. The summed E-state index contributed by atoms with van der Waals surface area (Å²) in [5, 5.41) is 0. The first-order valence-corrected chi connectivity index (χ1v) is 7.58. The number of para-hydroxylation sites is 1. The molecule has 0 aliphatic rings. The number of hydrogen-bond donors (Lipinski definition) is 0. The van der Waals surface area contributed by atoms with Gasteiger partial charge in [0, 0.05) is 28.9 Å². The van der Waals surface area contributed by atoms with Gasteiger partial charge in [0.05, 0.1) is 0 Å². The summed E-state index contributed by atoms with van der Waals surface area (Å²) < 4.78 is 2.93. The fourth-order valence-corrected chi connectivity index (χ4v) is 2.67. The monoisotopic (exact) mass is 334 g/mol. The number of nitrogens with zero attached hydrogens (tertiary/aromatic N) is 2. The summed E-state index contributed by atoms with van der Waals surface area (Å²) in [7, 11) is 0. The van der Waals surface area contributed by atoms with E-state index in [1.165, 1.54) is 0 Å². The lowest BCUT2D eigenvalue weighted by atomic mass is 10.2. The molecule has 0 N–H and O–H groups in total. The van der Waals surface area contributed by atoms with E-state index in [1.54, 1.807) is 4.90 Å². The molecule has 0 spiro atoms. The Balaban J connectivity index is 2.39. The molecule has 4 heteroatoms. The van der Waals surface area contributed by atoms with Crippen LogP contribution < -0.4 is 4.90 Å². The summed E-state index contributed by atoms with van der Waals surface area (Å²) in [6.45, 7) is 6.77. The maximum atomic E-state index is 12.8. The molecule has 0 bridgehead atoms. The molecular weight excluding hydrogens is 316 g/mol. The molecule has 3 nitrogen and oxygen atoms in total. The van der Waals surface area contributed by atoms with Crippen LogP contribution in [0.3, 0.4) is 0 Å². The molecule has 1 aromatic carbocycles. The number of carbonyl (C=O) groups excluding carboxylic acids is 1. The van der Waals surface area contributed by atoms with E-state index in [0.717, 1.165) is 10.2 Å². The van der Waals surface area contributed by atoms with Crippen LogP contribution in [-0.2, 0) is 0 Å². The highest BCUT2D eigenvalue weighted by Gasteiger charge is 2.21. The molecule has 2 rings (SSSR count). The van der Waals surface area contributed by atoms with Crippen LogP contribution in [-0.4, -0.2) is 17.0 Å². The standard InChI is InChI=1S/C16H19BrN2O/c1-4-18(14-8-6-5-7-9-14)16(20)15-10-13(17)11-19(15)12(2)3/h5-12H,4H2,1-3H3. The van der Waals surface area contributed by atoms with Crippen molar-refractivity contribution in [3.05, 3.63) is 52.8 Å². The number of carbonyl (C=O) groups is 1. The van der Waals surface area contributed by atoms with Gasteiger partial charge in [-0.25, -0.2) is 0 Å². The third kappa shape index (κ3) is 2.96. The van der Waals surface area contributed by atoms with Crippen LogP contribution in [0.1, 0.15) is 37.3 Å². The normalized spacial score (nSPS) is 10.8. The van der Waals surface area contributed by atoms with Crippen LogP contribution in [0.15, 0.2) is 47.1 Å². The lowest BCUT2D eigenvalue weighted by molar-refractivity contribution is 0.0978. The molecule has 1 amide bonds. The summed E-state index contributed by atoms with van der Waals surface area (Å²) >= 11 is 3.46. The zero-order valence-corrected chi connectivity index (χ0v) is 13.6. The van der Waals surface area contributed by atoms with E-state index in [-0.39, 0.29) is 11.9 Å². The first-order valence-electron chi connectivity index (χ1n) is 6.79. The summed E-state index contributed by atoms with van der Waals surface area (Å²) in [5.74, 6) is 0.0260. The Morgan fingerprint density at radius 1 is 1.30 bits per heavy atom. The number of benzene rings is 1. The molecule has 1 heterocycles. The van der Waals surface area contributed by atoms with E-state index in [2.05, 4.69) is 29.8 Å². The molecule has 2 aromatic rings. The second-order valence-corrected chi connectivity index (χ2v) is 5.85. The highest BCUT2D eigenvalue weighted by molar-refractivity contribution is 9.10. The van der Waals surface area contributed by atoms with Gasteiger partial charge in [0.15, 0.2) is 0 Å². The topological polar surface area (TPSA) is 25.2 Å². The summed E-state index contributed by atoms with van der Waals surface area (Å²) in [4.78, 5) is 14.6. The first-order chi connectivity index (χ1) is 9.54. The molecule has 0 radical (unpaired) electrons. The number of hydrogen-bond acceptors (Lipinski definition) is 1. The van der Waals surface area contributed by atoms with Gasteiger partial charge in [0.2, 0.25) is 0 Å². The number of rotatable bonds is 4. The lowest BCUT2D eigenvalue weighted by Crippen LogP contribution is -2.32. The van der Waals surface area contributed by atoms with E-state index < -0.39 is 0 Å². The number of amides is 1. The maximum Gasteiger partial charge on any atom is 0.274 e. The minimum Gasteiger partial charge on any atom is -0.340 e. The number of aromatic nitrogens is 1. The summed E-state index contributed by atoms with van der Waals surface area (Å²) in [6.07, 6.45) is 1.96. The highest BCUT2D eigenvalue weighted by Crippen LogP contribution is 2.23. The van der Waals surface area contributed by atoms with Crippen molar-refractivity contribution < 1.29 is 4.79 Å². The molecule has 106 valence electrons. The van der Waals surface area contributed by atoms with Crippen molar-refractivity contribution in [2.75, 3.05) is 11.4 Å². The van der Waals surface area contributed by atoms with E-state index in [0.29, 0.717) is 12.2 Å². The molecule has 0 saturated carbocycles. The van der Waals surface area contributed by atoms with Crippen molar-refractivity contribution >= 4 is 27.5 Å². The Labute approximate surface area is 128 Å². The Morgan fingerprint density at radius 3 is 2.50 bits per heavy atom. The average molecular weight is 335 g/mol. The van der Waals surface area contributed by atoms with Crippen molar-refractivity contribution in [1.82, 2.24) is 4.57 Å². The van der Waals surface area contributed by atoms with Crippen molar-refractivity contribution in [2.24, 2.45) is 0 Å². The van der Waals surface area contributed by atoms with Crippen LogP contribution in [0.5, 0.6) is 0 Å². The van der Waals surface area contributed by atoms with Crippen LogP contribution in [0.2, 0.25) is 0 Å². The third-order valence-corrected chi connectivity index (χ3v) is 3.65. The van der Waals surface area contributed by atoms with Crippen molar-refractivity contribution in [1.29, 1.82) is 0 Å². The quantitative estimate of drug-likeness (QED) is 0.808. The lowest BCUT2D eigenvalue weighted by Gasteiger charge is -2.22. The van der Waals surface area contributed by atoms with E-state index in [9.17, 15) is 4.79 Å². The van der Waals surface area contributed by atoms with Gasteiger partial charge in [0.25, 0.3) is 5.91 Å². The van der Waals surface area contributed by atoms with Crippen LogP contribution in [0.4, 0.5) is 5.69 Å². The zero-order valence-electron chi connectivity index (χ0n) is 12.0. The third-order valence-electron chi connectivity index (χ3n) is 3.22. The van der Waals surface area contributed by atoms with Gasteiger partial charge >= 0.3 is 0 Å². The largest absolute Gasteiger partial charge is 0.340 e. The van der Waals surface area contributed by atoms with Crippen LogP contribution in [0, 0.1) is 0 Å². The fraction of sp³-hybridized carbons (Fsp3) is 0.312. The Hall–Kier alpha value is -1.55. The van der Waals surface area contributed by atoms with E-state index >= 15 is 0 Å². The van der Waals surface area contributed by atoms with Gasteiger partial charge in [0.1, 0.15) is 5.69 Å². The molecule has 0 unspecified atom stereocenters. The molecule has 1 aromatic heterocycles. The molecule has 20 heavy (non-hydrogen) atoms. The van der Waals surface area contributed by atoms with Gasteiger partial charge in [-0.15, -0.1) is 0 Å². The second-order valence-electron chi connectivity index (χ2n) is 4.93. The molecule has 0 aliphatic carbocycles. The second kappa shape index (κ2) is 6.27. The molecule has 0 saturated heterocycles. The van der Waals surface area contributed by atoms with Gasteiger partial charge < -0.3 is 9.47 Å². The smallest absolute Gasteiger partial charge is 0.274 e. The SMILES string of the molecule is CCN(C(=O)c1cc(Br)cn1C(C)C)c1ccccc1. The van der Waals surface area contributed by atoms with Crippen LogP contribution in [0.25, 0.3) is 0 Å². The number of anilines is 1. The van der Waals surface area contributed by atoms with E-state index in [4.69, 9.17) is 0 Å². The fourth-order valence-electron chi connectivity index (χ4n) is 2.23. The highest BCUT2D eigenvalue weighted by atomic mass is 79.9. The van der Waals surface area contributed by atoms with Crippen LogP contribution >= 0.6 is 15.9 Å². The predicted octanol–water partition coefficient (Wildman–Crippen LogP) is 4.50. The molecule has 0 atom stereocenters. The first kappa shape index (κ1) is 14.9. The molecular formula is C16H19BrN2O. The predicted molar refractivity (Wildman–Crippen MR) is 86.3 cm³/mol. The average Bonchev–Trinajstić information content (AvgIpc) is 2.83. The minimum atomic E-state index is 0.0260. The Bertz CT molecular complexity index is 590. The number of halogens is 1. The van der Waals surface area contributed by atoms with Gasteiger partial charge in [-0.05, 0) is 54.9 Å². The zero-order chi connectivity index (χ0) is 14.7. The molecule has 0 aliphatic heterocycles. The molecule has 0 fully saturated rings. The maximum absolute atomic E-state index is 12.8. The summed E-state index contributed by atoms with van der Waals surface area (Å²) in [5.41, 5.74) is 1.63. The van der Waals surface area contributed by atoms with Gasteiger partial charge in [-0.2, -0.15) is 0 Å². The Morgan fingerprint density at radius 2 is 1.95 bits per heavy atom.